The van der Waals surface area contributed by atoms with E-state index in [-0.39, 0.29) is 4.90 Å². The lowest BCUT2D eigenvalue weighted by Crippen LogP contribution is -2.13. The molecule has 25 heavy (non-hydrogen) atoms. The van der Waals surface area contributed by atoms with Gasteiger partial charge in [0.2, 0.25) is 0 Å². The van der Waals surface area contributed by atoms with Gasteiger partial charge in [-0.2, -0.15) is 0 Å². The van der Waals surface area contributed by atoms with Gasteiger partial charge in [0.1, 0.15) is 11.6 Å². The molecule has 0 aromatic heterocycles. The second kappa shape index (κ2) is 6.94. The first kappa shape index (κ1) is 17.0. The van der Waals surface area contributed by atoms with Crippen molar-refractivity contribution in [3.8, 4) is 16.9 Å². The Morgan fingerprint density at radius 3 is 2.36 bits per heavy atom. The van der Waals surface area contributed by atoms with Gasteiger partial charge >= 0.3 is 0 Å². The molecule has 0 spiro atoms. The van der Waals surface area contributed by atoms with Crippen LogP contribution < -0.4 is 9.46 Å². The number of sulfonamides is 1. The zero-order valence-corrected chi connectivity index (χ0v) is 14.3. The lowest BCUT2D eigenvalue weighted by Gasteiger charge is -2.14. The molecule has 3 aromatic rings. The average molecular weight is 357 g/mol. The summed E-state index contributed by atoms with van der Waals surface area (Å²) >= 11 is 0. The highest BCUT2D eigenvalue weighted by Gasteiger charge is 2.17. The van der Waals surface area contributed by atoms with Crippen LogP contribution in [0.4, 0.5) is 10.1 Å². The topological polar surface area (TPSA) is 55.4 Å². The smallest absolute Gasteiger partial charge is 0.261 e. The molecule has 0 bridgehead atoms. The maximum absolute atomic E-state index is 13.6. The second-order valence-corrected chi connectivity index (χ2v) is 7.02. The van der Waals surface area contributed by atoms with Crippen molar-refractivity contribution in [2.75, 3.05) is 11.8 Å². The predicted octanol–water partition coefficient (Wildman–Crippen LogP) is 4.30. The minimum atomic E-state index is -3.76. The molecule has 0 aliphatic heterocycles. The highest BCUT2D eigenvalue weighted by Crippen LogP contribution is 2.33. The highest BCUT2D eigenvalue weighted by atomic mass is 32.2. The highest BCUT2D eigenvalue weighted by molar-refractivity contribution is 7.92. The summed E-state index contributed by atoms with van der Waals surface area (Å²) in [5, 5.41) is 0. The predicted molar refractivity (Wildman–Crippen MR) is 95.6 cm³/mol. The first-order valence-corrected chi connectivity index (χ1v) is 9.00. The Morgan fingerprint density at radius 2 is 1.68 bits per heavy atom. The third-order valence-corrected chi connectivity index (χ3v) is 5.04. The summed E-state index contributed by atoms with van der Waals surface area (Å²) in [5.41, 5.74) is 1.42. The molecule has 0 aliphatic carbocycles. The molecule has 0 fully saturated rings. The maximum Gasteiger partial charge on any atom is 0.261 e. The van der Waals surface area contributed by atoms with Gasteiger partial charge in [-0.1, -0.05) is 30.3 Å². The van der Waals surface area contributed by atoms with Crippen molar-refractivity contribution in [2.45, 2.75) is 4.90 Å². The third kappa shape index (κ3) is 3.80. The van der Waals surface area contributed by atoms with Crippen molar-refractivity contribution in [3.05, 3.63) is 78.6 Å². The number of hydrogen-bond acceptors (Lipinski definition) is 3. The number of rotatable bonds is 5. The van der Waals surface area contributed by atoms with E-state index in [1.54, 1.807) is 48.5 Å². The normalized spacial score (nSPS) is 11.1. The molecule has 0 heterocycles. The van der Waals surface area contributed by atoms with Gasteiger partial charge in [0.05, 0.1) is 17.7 Å². The Balaban J connectivity index is 2.07. The summed E-state index contributed by atoms with van der Waals surface area (Å²) < 4.78 is 46.6. The van der Waals surface area contributed by atoms with Crippen LogP contribution in [0.2, 0.25) is 0 Å². The summed E-state index contributed by atoms with van der Waals surface area (Å²) in [7, 11) is -2.25. The Bertz CT molecular complexity index is 989. The third-order valence-electron chi connectivity index (χ3n) is 3.66. The van der Waals surface area contributed by atoms with Crippen LogP contribution in [0.25, 0.3) is 11.1 Å². The van der Waals surface area contributed by atoms with E-state index in [1.165, 1.54) is 31.4 Å². The number of nitrogens with one attached hydrogen (secondary N) is 1. The van der Waals surface area contributed by atoms with Crippen LogP contribution in [0.1, 0.15) is 0 Å². The first-order valence-electron chi connectivity index (χ1n) is 7.51. The van der Waals surface area contributed by atoms with Crippen molar-refractivity contribution < 1.29 is 17.5 Å². The van der Waals surface area contributed by atoms with Crippen LogP contribution in [-0.4, -0.2) is 15.5 Å². The van der Waals surface area contributed by atoms with Gasteiger partial charge in [0, 0.05) is 5.56 Å². The first-order chi connectivity index (χ1) is 12.0. The van der Waals surface area contributed by atoms with Crippen LogP contribution in [0.3, 0.4) is 0 Å². The molecule has 3 aromatic carbocycles. The number of anilines is 1. The van der Waals surface area contributed by atoms with E-state index in [9.17, 15) is 12.8 Å². The Labute approximate surface area is 146 Å². The standard InChI is InChI=1S/C19H16FNO3S/c1-24-16-10-11-19(18(13-16)14-6-5-7-15(20)12-14)21-25(22,23)17-8-3-2-4-9-17/h2-13,21H,1H3. The molecule has 128 valence electrons. The van der Waals surface area contributed by atoms with Crippen LogP contribution in [-0.2, 0) is 10.0 Å². The second-order valence-electron chi connectivity index (χ2n) is 5.34. The lowest BCUT2D eigenvalue weighted by molar-refractivity contribution is 0.415. The number of methoxy groups -OCH3 is 1. The van der Waals surface area contributed by atoms with Crippen LogP contribution in [0.15, 0.2) is 77.7 Å². The van der Waals surface area contributed by atoms with Gasteiger partial charge in [0.25, 0.3) is 10.0 Å². The van der Waals surface area contributed by atoms with Gasteiger partial charge in [-0.05, 0) is 48.0 Å². The lowest BCUT2D eigenvalue weighted by atomic mass is 10.0. The molecule has 6 heteroatoms. The largest absolute Gasteiger partial charge is 0.497 e. The SMILES string of the molecule is COc1ccc(NS(=O)(=O)c2ccccc2)c(-c2cccc(F)c2)c1. The molecule has 0 radical (unpaired) electrons. The van der Waals surface area contributed by atoms with Gasteiger partial charge in [-0.3, -0.25) is 4.72 Å². The quantitative estimate of drug-likeness (QED) is 0.741. The molecule has 4 nitrogen and oxygen atoms in total. The van der Waals surface area contributed by atoms with E-state index in [2.05, 4.69) is 4.72 Å². The van der Waals surface area contributed by atoms with E-state index in [0.29, 0.717) is 22.6 Å². The van der Waals surface area contributed by atoms with Crippen molar-refractivity contribution in [1.82, 2.24) is 0 Å². The van der Waals surface area contributed by atoms with E-state index in [0.717, 1.165) is 0 Å². The summed E-state index contributed by atoms with van der Waals surface area (Å²) in [6, 6.07) is 18.9. The van der Waals surface area contributed by atoms with E-state index in [4.69, 9.17) is 4.74 Å². The number of halogens is 1. The number of ether oxygens (including phenoxy) is 1. The molecule has 0 unspecified atom stereocenters. The molecular formula is C19H16FNO3S. The number of benzene rings is 3. The van der Waals surface area contributed by atoms with Crippen LogP contribution in [0, 0.1) is 5.82 Å². The van der Waals surface area contributed by atoms with Crippen molar-refractivity contribution in [2.24, 2.45) is 0 Å². The fourth-order valence-corrected chi connectivity index (χ4v) is 3.54. The molecule has 0 saturated carbocycles. The molecule has 0 atom stereocenters. The zero-order valence-electron chi connectivity index (χ0n) is 13.4. The summed E-state index contributed by atoms with van der Waals surface area (Å²) in [5.74, 6) is 0.138. The Hall–Kier alpha value is -2.86. The molecular weight excluding hydrogens is 341 g/mol. The Kier molecular flexibility index (Phi) is 4.72. The minimum Gasteiger partial charge on any atom is -0.497 e. The van der Waals surface area contributed by atoms with E-state index >= 15 is 0 Å². The maximum atomic E-state index is 13.6. The van der Waals surface area contributed by atoms with Crippen LogP contribution >= 0.6 is 0 Å². The molecule has 0 saturated heterocycles. The van der Waals surface area contributed by atoms with E-state index in [1.807, 2.05) is 0 Å². The average Bonchev–Trinajstić information content (AvgIpc) is 2.62. The van der Waals surface area contributed by atoms with Gasteiger partial charge < -0.3 is 4.74 Å². The fraction of sp³-hybridized carbons (Fsp3) is 0.0526. The molecule has 0 amide bonds. The monoisotopic (exact) mass is 357 g/mol. The summed E-state index contributed by atoms with van der Waals surface area (Å²) in [4.78, 5) is 0.149. The van der Waals surface area contributed by atoms with Crippen LogP contribution in [0.5, 0.6) is 5.75 Å². The summed E-state index contributed by atoms with van der Waals surface area (Å²) in [6.45, 7) is 0. The molecule has 3 rings (SSSR count). The summed E-state index contributed by atoms with van der Waals surface area (Å²) in [6.07, 6.45) is 0. The Morgan fingerprint density at radius 1 is 0.920 bits per heavy atom. The van der Waals surface area contributed by atoms with Crippen molar-refractivity contribution >= 4 is 15.7 Å². The number of hydrogen-bond donors (Lipinski definition) is 1. The van der Waals surface area contributed by atoms with Gasteiger partial charge in [-0.25, -0.2) is 12.8 Å². The fourth-order valence-electron chi connectivity index (χ4n) is 2.44. The van der Waals surface area contributed by atoms with Crippen molar-refractivity contribution in [3.63, 3.8) is 0 Å². The minimum absolute atomic E-state index is 0.149. The molecule has 0 aliphatic rings. The van der Waals surface area contributed by atoms with E-state index < -0.39 is 15.8 Å². The van der Waals surface area contributed by atoms with Crippen molar-refractivity contribution in [1.29, 1.82) is 0 Å². The van der Waals surface area contributed by atoms with Gasteiger partial charge in [0.15, 0.2) is 0 Å². The van der Waals surface area contributed by atoms with Gasteiger partial charge in [-0.15, -0.1) is 0 Å². The zero-order chi connectivity index (χ0) is 17.9. The molecule has 1 N–H and O–H groups in total.